The Labute approximate surface area is 186 Å². The highest BCUT2D eigenvalue weighted by Gasteiger charge is 2.22. The van der Waals surface area contributed by atoms with Crippen LogP contribution in [-0.2, 0) is 26.2 Å². The van der Waals surface area contributed by atoms with E-state index in [1.807, 2.05) is 0 Å². The molecule has 32 heavy (non-hydrogen) atoms. The highest BCUT2D eigenvalue weighted by Crippen LogP contribution is 2.23. The van der Waals surface area contributed by atoms with Crippen LogP contribution in [0.5, 0.6) is 5.75 Å². The number of hydrogen-bond donors (Lipinski definition) is 1. The summed E-state index contributed by atoms with van der Waals surface area (Å²) in [5.41, 5.74) is 6.29. The first-order valence-electron chi connectivity index (χ1n) is 9.58. The minimum absolute atomic E-state index is 0.0276. The van der Waals surface area contributed by atoms with Gasteiger partial charge in [0.05, 0.1) is 16.1 Å². The summed E-state index contributed by atoms with van der Waals surface area (Å²) >= 11 is 0. The molecular formula is C23H22N2O6S. The smallest absolute Gasteiger partial charge is 0.338 e. The number of benzene rings is 3. The third kappa shape index (κ3) is 5.64. The fraction of sp³-hybridized carbons (Fsp3) is 0.130. The van der Waals surface area contributed by atoms with E-state index in [4.69, 9.17) is 15.2 Å². The summed E-state index contributed by atoms with van der Waals surface area (Å²) in [5, 5.41) is 0. The SMILES string of the molecule is CN(c1ccccc1)S(=O)(=O)c1cccc(C(=O)OCc2cccc(OCC(N)=O)c2)c1. The Morgan fingerprint density at radius 3 is 2.38 bits per heavy atom. The number of primary amides is 1. The molecule has 0 unspecified atom stereocenters. The van der Waals surface area contributed by atoms with Gasteiger partial charge >= 0.3 is 5.97 Å². The molecular weight excluding hydrogens is 432 g/mol. The summed E-state index contributed by atoms with van der Waals surface area (Å²) < 4.78 is 37.6. The molecule has 166 valence electrons. The second-order valence-electron chi connectivity index (χ2n) is 6.81. The molecule has 0 atom stereocenters. The first-order chi connectivity index (χ1) is 15.3. The molecule has 8 nitrogen and oxygen atoms in total. The molecule has 2 N–H and O–H groups in total. The molecule has 1 amide bonds. The first-order valence-corrected chi connectivity index (χ1v) is 11.0. The van der Waals surface area contributed by atoms with Gasteiger partial charge in [0.1, 0.15) is 12.4 Å². The quantitative estimate of drug-likeness (QED) is 0.497. The molecule has 3 aromatic carbocycles. The van der Waals surface area contributed by atoms with E-state index in [-0.39, 0.29) is 23.7 Å². The molecule has 0 aliphatic heterocycles. The van der Waals surface area contributed by atoms with Gasteiger partial charge in [-0.15, -0.1) is 0 Å². The predicted molar refractivity (Wildman–Crippen MR) is 119 cm³/mol. The average Bonchev–Trinajstić information content (AvgIpc) is 2.81. The molecule has 0 aromatic heterocycles. The van der Waals surface area contributed by atoms with E-state index in [1.165, 1.54) is 31.3 Å². The van der Waals surface area contributed by atoms with Crippen LogP contribution in [0.4, 0.5) is 5.69 Å². The number of carbonyl (C=O) groups is 2. The van der Waals surface area contributed by atoms with Crippen molar-refractivity contribution < 1.29 is 27.5 Å². The summed E-state index contributed by atoms with van der Waals surface area (Å²) in [7, 11) is -2.42. The summed E-state index contributed by atoms with van der Waals surface area (Å²) in [6.07, 6.45) is 0. The standard InChI is InChI=1S/C23H22N2O6S/c1-25(19-9-3-2-4-10-19)32(28,29)21-12-6-8-18(14-21)23(27)31-15-17-7-5-11-20(13-17)30-16-22(24)26/h2-14H,15-16H2,1H3,(H2,24,26). The zero-order valence-electron chi connectivity index (χ0n) is 17.3. The molecule has 0 heterocycles. The molecule has 0 saturated heterocycles. The van der Waals surface area contributed by atoms with Crippen LogP contribution in [0, 0.1) is 0 Å². The van der Waals surface area contributed by atoms with Crippen LogP contribution >= 0.6 is 0 Å². The molecule has 3 aromatic rings. The van der Waals surface area contributed by atoms with Gasteiger partial charge in [0.2, 0.25) is 0 Å². The summed E-state index contributed by atoms with van der Waals surface area (Å²) in [5.74, 6) is -0.864. The number of amides is 1. The van der Waals surface area contributed by atoms with Gasteiger partial charge in [0.15, 0.2) is 6.61 Å². The highest BCUT2D eigenvalue weighted by molar-refractivity contribution is 7.92. The lowest BCUT2D eigenvalue weighted by Crippen LogP contribution is -2.26. The number of anilines is 1. The van der Waals surface area contributed by atoms with Crippen molar-refractivity contribution in [3.05, 3.63) is 90.0 Å². The summed E-state index contributed by atoms with van der Waals surface area (Å²) in [6.45, 7) is -0.324. The second-order valence-corrected chi connectivity index (χ2v) is 8.78. The molecule has 0 spiro atoms. The van der Waals surface area contributed by atoms with Crippen LogP contribution < -0.4 is 14.8 Å². The van der Waals surface area contributed by atoms with Gasteiger partial charge in [0, 0.05) is 7.05 Å². The Bertz CT molecular complexity index is 1210. The van der Waals surface area contributed by atoms with Crippen LogP contribution in [0.3, 0.4) is 0 Å². The zero-order chi connectivity index (χ0) is 23.1. The van der Waals surface area contributed by atoms with Crippen molar-refractivity contribution in [2.75, 3.05) is 18.0 Å². The maximum Gasteiger partial charge on any atom is 0.338 e. The molecule has 0 aliphatic carbocycles. The van der Waals surface area contributed by atoms with Crippen LogP contribution in [0.15, 0.2) is 83.8 Å². The van der Waals surface area contributed by atoms with E-state index in [0.717, 1.165) is 4.31 Å². The number of nitrogens with zero attached hydrogens (tertiary/aromatic N) is 1. The van der Waals surface area contributed by atoms with E-state index in [9.17, 15) is 18.0 Å². The fourth-order valence-corrected chi connectivity index (χ4v) is 4.07. The minimum atomic E-state index is -3.86. The normalized spacial score (nSPS) is 10.9. The number of esters is 1. The first kappa shape index (κ1) is 22.8. The molecule has 0 fully saturated rings. The number of rotatable bonds is 9. The van der Waals surface area contributed by atoms with E-state index in [2.05, 4.69) is 0 Å². The van der Waals surface area contributed by atoms with Crippen molar-refractivity contribution in [3.8, 4) is 5.75 Å². The minimum Gasteiger partial charge on any atom is -0.484 e. The second kappa shape index (κ2) is 9.97. The van der Waals surface area contributed by atoms with Crippen LogP contribution in [0.2, 0.25) is 0 Å². The monoisotopic (exact) mass is 454 g/mol. The van der Waals surface area contributed by atoms with Gasteiger partial charge in [-0.05, 0) is 48.0 Å². The van der Waals surface area contributed by atoms with Gasteiger partial charge in [-0.25, -0.2) is 13.2 Å². The topological polar surface area (TPSA) is 116 Å². The lowest BCUT2D eigenvalue weighted by molar-refractivity contribution is -0.119. The van der Waals surface area contributed by atoms with Gasteiger partial charge in [-0.3, -0.25) is 9.10 Å². The van der Waals surface area contributed by atoms with Crippen molar-refractivity contribution in [1.29, 1.82) is 0 Å². The summed E-state index contributed by atoms with van der Waals surface area (Å²) in [4.78, 5) is 23.3. The third-order valence-corrected chi connectivity index (χ3v) is 6.28. The fourth-order valence-electron chi connectivity index (χ4n) is 2.83. The lowest BCUT2D eigenvalue weighted by Gasteiger charge is -2.19. The molecule has 0 aliphatic rings. The Hall–Kier alpha value is -3.85. The molecule has 0 bridgehead atoms. The molecule has 9 heteroatoms. The van der Waals surface area contributed by atoms with Gasteiger partial charge in [-0.2, -0.15) is 0 Å². The maximum atomic E-state index is 13.0. The van der Waals surface area contributed by atoms with E-state index >= 15 is 0 Å². The largest absolute Gasteiger partial charge is 0.484 e. The van der Waals surface area contributed by atoms with Gasteiger partial charge in [-0.1, -0.05) is 36.4 Å². The zero-order valence-corrected chi connectivity index (χ0v) is 18.1. The predicted octanol–water partition coefficient (Wildman–Crippen LogP) is 2.73. The van der Waals surface area contributed by atoms with Crippen molar-refractivity contribution in [2.45, 2.75) is 11.5 Å². The number of nitrogens with two attached hydrogens (primary N) is 1. The van der Waals surface area contributed by atoms with E-state index in [1.54, 1.807) is 54.6 Å². The summed E-state index contributed by atoms with van der Waals surface area (Å²) in [6, 6.07) is 21.0. The van der Waals surface area contributed by atoms with Gasteiger partial charge in [0.25, 0.3) is 15.9 Å². The maximum absolute atomic E-state index is 13.0. The van der Waals surface area contributed by atoms with Crippen LogP contribution in [-0.4, -0.2) is 33.9 Å². The molecule has 0 saturated carbocycles. The number of sulfonamides is 1. The van der Waals surface area contributed by atoms with E-state index in [0.29, 0.717) is 17.0 Å². The number of ether oxygens (including phenoxy) is 2. The van der Waals surface area contributed by atoms with Crippen molar-refractivity contribution in [3.63, 3.8) is 0 Å². The Morgan fingerprint density at radius 2 is 1.66 bits per heavy atom. The van der Waals surface area contributed by atoms with Crippen molar-refractivity contribution in [1.82, 2.24) is 0 Å². The molecule has 3 rings (SSSR count). The number of para-hydroxylation sites is 1. The Morgan fingerprint density at radius 1 is 0.938 bits per heavy atom. The van der Waals surface area contributed by atoms with E-state index < -0.39 is 21.9 Å². The molecule has 0 radical (unpaired) electrons. The number of hydrogen-bond acceptors (Lipinski definition) is 6. The Balaban J connectivity index is 1.71. The van der Waals surface area contributed by atoms with Crippen LogP contribution in [0.25, 0.3) is 0 Å². The average molecular weight is 455 g/mol. The third-order valence-electron chi connectivity index (χ3n) is 4.50. The van der Waals surface area contributed by atoms with Crippen molar-refractivity contribution in [2.24, 2.45) is 5.73 Å². The lowest BCUT2D eigenvalue weighted by atomic mass is 10.2. The van der Waals surface area contributed by atoms with Crippen LogP contribution in [0.1, 0.15) is 15.9 Å². The Kier molecular flexibility index (Phi) is 7.11. The number of carbonyl (C=O) groups excluding carboxylic acids is 2. The van der Waals surface area contributed by atoms with Crippen molar-refractivity contribution >= 4 is 27.6 Å². The highest BCUT2D eigenvalue weighted by atomic mass is 32.2. The van der Waals surface area contributed by atoms with Gasteiger partial charge < -0.3 is 15.2 Å².